The highest BCUT2D eigenvalue weighted by molar-refractivity contribution is 9.09. The number of alkyl halides is 1. The van der Waals surface area contributed by atoms with Crippen LogP contribution in [0.25, 0.3) is 0 Å². The van der Waals surface area contributed by atoms with Crippen LogP contribution in [0.5, 0.6) is 0 Å². The summed E-state index contributed by atoms with van der Waals surface area (Å²) in [6.45, 7) is 0.730. The van der Waals surface area contributed by atoms with Crippen LogP contribution in [-0.2, 0) is 0 Å². The number of carbonyl (C=O) groups excluding carboxylic acids is 1. The average Bonchev–Trinajstić information content (AvgIpc) is 2.33. The van der Waals surface area contributed by atoms with E-state index in [-0.39, 0.29) is 5.91 Å². The fourth-order valence-corrected chi connectivity index (χ4v) is 2.09. The lowest BCUT2D eigenvalue weighted by Gasteiger charge is -2.05. The fraction of sp³-hybridized carbons (Fsp3) is 0.462. The minimum atomic E-state index is -0.0482. The molecule has 0 fully saturated rings. The normalized spacial score (nSPS) is 10.2. The zero-order valence-electron chi connectivity index (χ0n) is 9.72. The van der Waals surface area contributed by atoms with Gasteiger partial charge in [-0.15, -0.1) is 0 Å². The molecule has 1 rings (SSSR count). The van der Waals surface area contributed by atoms with Crippen molar-refractivity contribution in [1.29, 1.82) is 0 Å². The van der Waals surface area contributed by atoms with Crippen LogP contribution in [0.4, 0.5) is 0 Å². The van der Waals surface area contributed by atoms with Crippen LogP contribution in [-0.4, -0.2) is 17.8 Å². The van der Waals surface area contributed by atoms with Crippen molar-refractivity contribution in [2.24, 2.45) is 0 Å². The zero-order chi connectivity index (χ0) is 12.5. The van der Waals surface area contributed by atoms with E-state index in [2.05, 4.69) is 21.2 Å². The first-order valence-corrected chi connectivity index (χ1v) is 7.33. The molecule has 0 spiro atoms. The highest BCUT2D eigenvalue weighted by atomic mass is 79.9. The highest BCUT2D eigenvalue weighted by Crippen LogP contribution is 2.10. The molecule has 0 radical (unpaired) electrons. The Bertz CT molecular complexity index is 357. The van der Waals surface area contributed by atoms with E-state index in [4.69, 9.17) is 11.6 Å². The molecule has 0 atom stereocenters. The molecule has 1 aromatic carbocycles. The molecule has 0 aromatic heterocycles. The summed E-state index contributed by atoms with van der Waals surface area (Å²) in [4.78, 5) is 11.7. The van der Waals surface area contributed by atoms with Crippen molar-refractivity contribution in [3.05, 3.63) is 34.9 Å². The number of carbonyl (C=O) groups is 1. The third kappa shape index (κ3) is 6.08. The van der Waals surface area contributed by atoms with Crippen LogP contribution < -0.4 is 5.32 Å². The number of hydrogen-bond donors (Lipinski definition) is 1. The SMILES string of the molecule is O=C(NCCCCCCBr)c1cccc(Cl)c1. The van der Waals surface area contributed by atoms with Crippen molar-refractivity contribution in [2.45, 2.75) is 25.7 Å². The number of halogens is 2. The topological polar surface area (TPSA) is 29.1 Å². The van der Waals surface area contributed by atoms with Gasteiger partial charge >= 0.3 is 0 Å². The molecule has 0 unspecified atom stereocenters. The second kappa shape index (κ2) is 8.54. The van der Waals surface area contributed by atoms with Gasteiger partial charge in [-0.3, -0.25) is 4.79 Å². The standard InChI is InChI=1S/C13H17BrClNO/c14-8-3-1-2-4-9-16-13(17)11-6-5-7-12(15)10-11/h5-7,10H,1-4,8-9H2,(H,16,17). The van der Waals surface area contributed by atoms with Crippen LogP contribution in [0.2, 0.25) is 5.02 Å². The Labute approximate surface area is 116 Å². The molecule has 0 aliphatic carbocycles. The van der Waals surface area contributed by atoms with Crippen molar-refractivity contribution in [3.8, 4) is 0 Å². The Morgan fingerprint density at radius 2 is 2.00 bits per heavy atom. The number of hydrogen-bond acceptors (Lipinski definition) is 1. The summed E-state index contributed by atoms with van der Waals surface area (Å²) >= 11 is 9.22. The van der Waals surface area contributed by atoms with Crippen molar-refractivity contribution in [3.63, 3.8) is 0 Å². The van der Waals surface area contributed by atoms with Crippen molar-refractivity contribution in [2.75, 3.05) is 11.9 Å². The molecule has 1 aromatic rings. The van der Waals surface area contributed by atoms with Crippen LogP contribution in [0.15, 0.2) is 24.3 Å². The highest BCUT2D eigenvalue weighted by Gasteiger charge is 2.04. The molecule has 94 valence electrons. The fourth-order valence-electron chi connectivity index (χ4n) is 1.51. The number of rotatable bonds is 7. The van der Waals surface area contributed by atoms with E-state index in [1.165, 1.54) is 12.8 Å². The lowest BCUT2D eigenvalue weighted by atomic mass is 10.2. The van der Waals surface area contributed by atoms with E-state index in [1.54, 1.807) is 24.3 Å². The Morgan fingerprint density at radius 1 is 1.24 bits per heavy atom. The molecule has 2 nitrogen and oxygen atoms in total. The Morgan fingerprint density at radius 3 is 2.71 bits per heavy atom. The van der Waals surface area contributed by atoms with Gasteiger partial charge in [0, 0.05) is 22.5 Å². The molecular formula is C13H17BrClNO. The van der Waals surface area contributed by atoms with Crippen LogP contribution >= 0.6 is 27.5 Å². The maximum absolute atomic E-state index is 11.7. The third-order valence-corrected chi connectivity index (χ3v) is 3.23. The van der Waals surface area contributed by atoms with Gasteiger partial charge in [0.25, 0.3) is 5.91 Å². The van der Waals surface area contributed by atoms with Gasteiger partial charge in [-0.1, -0.05) is 46.4 Å². The predicted molar refractivity (Wildman–Crippen MR) is 76.0 cm³/mol. The maximum Gasteiger partial charge on any atom is 0.251 e. The quantitative estimate of drug-likeness (QED) is 0.597. The lowest BCUT2D eigenvalue weighted by Crippen LogP contribution is -2.24. The van der Waals surface area contributed by atoms with Gasteiger partial charge in [0.2, 0.25) is 0 Å². The first-order valence-electron chi connectivity index (χ1n) is 5.84. The smallest absolute Gasteiger partial charge is 0.251 e. The summed E-state index contributed by atoms with van der Waals surface area (Å²) in [6.07, 6.45) is 4.58. The van der Waals surface area contributed by atoms with E-state index in [0.717, 1.165) is 24.7 Å². The monoisotopic (exact) mass is 317 g/mol. The van der Waals surface area contributed by atoms with Crippen LogP contribution in [0.3, 0.4) is 0 Å². The summed E-state index contributed by atoms with van der Waals surface area (Å²) in [5, 5.41) is 4.54. The summed E-state index contributed by atoms with van der Waals surface area (Å²) in [5.74, 6) is -0.0482. The van der Waals surface area contributed by atoms with Gasteiger partial charge in [0.15, 0.2) is 0 Å². The van der Waals surface area contributed by atoms with Crippen LogP contribution in [0, 0.1) is 0 Å². The second-order valence-corrected chi connectivity index (χ2v) is 5.10. The first kappa shape index (κ1) is 14.5. The lowest BCUT2D eigenvalue weighted by molar-refractivity contribution is 0.0953. The molecular weight excluding hydrogens is 302 g/mol. The summed E-state index contributed by atoms with van der Waals surface area (Å²) in [7, 11) is 0. The molecule has 0 saturated heterocycles. The molecule has 1 amide bonds. The van der Waals surface area contributed by atoms with Crippen molar-refractivity contribution < 1.29 is 4.79 Å². The van der Waals surface area contributed by atoms with E-state index in [1.807, 2.05) is 0 Å². The van der Waals surface area contributed by atoms with Crippen molar-refractivity contribution in [1.82, 2.24) is 5.32 Å². The summed E-state index contributed by atoms with van der Waals surface area (Å²) in [6, 6.07) is 7.00. The van der Waals surface area contributed by atoms with Gasteiger partial charge in [-0.2, -0.15) is 0 Å². The summed E-state index contributed by atoms with van der Waals surface area (Å²) in [5.41, 5.74) is 0.623. The molecule has 17 heavy (non-hydrogen) atoms. The average molecular weight is 319 g/mol. The zero-order valence-corrected chi connectivity index (χ0v) is 12.1. The van der Waals surface area contributed by atoms with Gasteiger partial charge < -0.3 is 5.32 Å². The van der Waals surface area contributed by atoms with Gasteiger partial charge in [0.1, 0.15) is 0 Å². The first-order chi connectivity index (χ1) is 8.24. The van der Waals surface area contributed by atoms with Gasteiger partial charge in [-0.25, -0.2) is 0 Å². The molecule has 0 heterocycles. The largest absolute Gasteiger partial charge is 0.352 e. The van der Waals surface area contributed by atoms with Gasteiger partial charge in [-0.05, 0) is 31.0 Å². The Kier molecular flexibility index (Phi) is 7.29. The van der Waals surface area contributed by atoms with Crippen molar-refractivity contribution >= 4 is 33.4 Å². The van der Waals surface area contributed by atoms with E-state index >= 15 is 0 Å². The van der Waals surface area contributed by atoms with E-state index in [0.29, 0.717) is 10.6 Å². The molecule has 0 aliphatic heterocycles. The Hall–Kier alpha value is -0.540. The van der Waals surface area contributed by atoms with Crippen LogP contribution in [0.1, 0.15) is 36.0 Å². The Balaban J connectivity index is 2.21. The summed E-state index contributed by atoms with van der Waals surface area (Å²) < 4.78 is 0. The maximum atomic E-state index is 11.7. The molecule has 0 aliphatic rings. The predicted octanol–water partition coefficient (Wildman–Crippen LogP) is 4.03. The van der Waals surface area contributed by atoms with E-state index < -0.39 is 0 Å². The minimum absolute atomic E-state index is 0.0482. The molecule has 0 bridgehead atoms. The molecule has 4 heteroatoms. The minimum Gasteiger partial charge on any atom is -0.352 e. The number of nitrogens with one attached hydrogen (secondary N) is 1. The molecule has 0 saturated carbocycles. The number of amides is 1. The third-order valence-electron chi connectivity index (χ3n) is 2.43. The second-order valence-electron chi connectivity index (χ2n) is 3.87. The number of unbranched alkanes of at least 4 members (excludes halogenated alkanes) is 3. The number of benzene rings is 1. The molecule has 1 N–H and O–H groups in total. The van der Waals surface area contributed by atoms with Gasteiger partial charge in [0.05, 0.1) is 0 Å². The van der Waals surface area contributed by atoms with E-state index in [9.17, 15) is 4.79 Å².